The van der Waals surface area contributed by atoms with E-state index < -0.39 is 15.1 Å². The summed E-state index contributed by atoms with van der Waals surface area (Å²) < 4.78 is 62.0. The van der Waals surface area contributed by atoms with Gasteiger partial charge in [-0.25, -0.2) is 0 Å². The van der Waals surface area contributed by atoms with Crippen molar-refractivity contribution in [1.82, 2.24) is 0 Å². The Hall–Kier alpha value is -0.340. The van der Waals surface area contributed by atoms with Gasteiger partial charge in [0.05, 0.1) is 0 Å². The first-order valence-electron chi connectivity index (χ1n) is 3.66. The highest BCUT2D eigenvalue weighted by Gasteiger charge is 2.65. The van der Waals surface area contributed by atoms with Gasteiger partial charge in [-0.15, -0.1) is 0 Å². The van der Waals surface area contributed by atoms with Gasteiger partial charge < -0.3 is 5.73 Å². The Morgan fingerprint density at radius 3 is 2.07 bits per heavy atom. The number of hydrogen-bond donors (Lipinski definition) is 1. The maximum Gasteiger partial charge on any atom is 0.310 e. The van der Waals surface area contributed by atoms with Crippen LogP contribution in [0.4, 0.5) is 19.4 Å². The molecule has 1 aromatic rings. The number of halogens is 6. The SMILES string of the molecule is NCc1cc(S(F)(F)(F)(F)F)ccc1Br. The van der Waals surface area contributed by atoms with Gasteiger partial charge in [0, 0.05) is 11.0 Å². The van der Waals surface area contributed by atoms with Gasteiger partial charge in [0.1, 0.15) is 4.90 Å². The molecule has 8 heteroatoms. The first-order valence-corrected chi connectivity index (χ1v) is 6.41. The largest absolute Gasteiger partial charge is 0.326 e. The second kappa shape index (κ2) is 2.86. The molecule has 1 rings (SSSR count). The van der Waals surface area contributed by atoms with Crippen LogP contribution >= 0.6 is 26.2 Å². The molecule has 1 aromatic carbocycles. The maximum atomic E-state index is 12.3. The van der Waals surface area contributed by atoms with E-state index in [0.29, 0.717) is 12.1 Å². The summed E-state index contributed by atoms with van der Waals surface area (Å²) in [6.07, 6.45) is 0. The Morgan fingerprint density at radius 1 is 1.13 bits per heavy atom. The van der Waals surface area contributed by atoms with E-state index in [0.717, 1.165) is 6.07 Å². The van der Waals surface area contributed by atoms with E-state index in [4.69, 9.17) is 5.73 Å². The summed E-state index contributed by atoms with van der Waals surface area (Å²) in [5.41, 5.74) is 5.11. The fraction of sp³-hybridized carbons (Fsp3) is 0.143. The summed E-state index contributed by atoms with van der Waals surface area (Å²) in [4.78, 5) is -1.92. The Balaban J connectivity index is 3.44. The highest BCUT2D eigenvalue weighted by atomic mass is 79.9. The van der Waals surface area contributed by atoms with Gasteiger partial charge in [-0.3, -0.25) is 0 Å². The first kappa shape index (κ1) is 12.7. The molecule has 0 aliphatic rings. The van der Waals surface area contributed by atoms with Crippen LogP contribution < -0.4 is 5.73 Å². The summed E-state index contributed by atoms with van der Waals surface area (Å²) in [6.45, 7) is -0.248. The van der Waals surface area contributed by atoms with Gasteiger partial charge >= 0.3 is 10.2 Å². The fourth-order valence-electron chi connectivity index (χ4n) is 0.947. The van der Waals surface area contributed by atoms with Crippen molar-refractivity contribution < 1.29 is 19.4 Å². The molecule has 0 bridgehead atoms. The minimum absolute atomic E-state index is 0.0132. The monoisotopic (exact) mass is 311 g/mol. The summed E-state index contributed by atoms with van der Waals surface area (Å²) in [5.74, 6) is 0. The highest BCUT2D eigenvalue weighted by Crippen LogP contribution is 3.02. The molecule has 2 N–H and O–H groups in total. The molecule has 0 aliphatic heterocycles. The van der Waals surface area contributed by atoms with Crippen molar-refractivity contribution in [2.75, 3.05) is 0 Å². The molecule has 1 nitrogen and oxygen atoms in total. The average Bonchev–Trinajstić information content (AvgIpc) is 2.00. The minimum Gasteiger partial charge on any atom is -0.326 e. The van der Waals surface area contributed by atoms with E-state index in [-0.39, 0.29) is 16.6 Å². The van der Waals surface area contributed by atoms with Crippen LogP contribution in [0.3, 0.4) is 0 Å². The van der Waals surface area contributed by atoms with Crippen LogP contribution in [0.1, 0.15) is 5.56 Å². The van der Waals surface area contributed by atoms with Crippen molar-refractivity contribution in [3.63, 3.8) is 0 Å². The Labute approximate surface area is 91.3 Å². The van der Waals surface area contributed by atoms with Gasteiger partial charge in [0.25, 0.3) is 0 Å². The van der Waals surface area contributed by atoms with Crippen LogP contribution in [0.2, 0.25) is 0 Å². The molecule has 0 fully saturated rings. The number of nitrogens with two attached hydrogens (primary N) is 1. The number of hydrogen-bond acceptors (Lipinski definition) is 1. The van der Waals surface area contributed by atoms with Crippen molar-refractivity contribution in [1.29, 1.82) is 0 Å². The van der Waals surface area contributed by atoms with E-state index >= 15 is 0 Å². The van der Waals surface area contributed by atoms with E-state index in [1.54, 1.807) is 0 Å². The van der Waals surface area contributed by atoms with Gasteiger partial charge in [0.2, 0.25) is 0 Å². The van der Waals surface area contributed by atoms with Crippen molar-refractivity contribution in [2.24, 2.45) is 5.73 Å². The zero-order valence-electron chi connectivity index (χ0n) is 7.19. The van der Waals surface area contributed by atoms with Crippen molar-refractivity contribution >= 4 is 26.2 Å². The van der Waals surface area contributed by atoms with Crippen LogP contribution in [0.5, 0.6) is 0 Å². The molecule has 15 heavy (non-hydrogen) atoms. The molecule has 88 valence electrons. The lowest BCUT2D eigenvalue weighted by Gasteiger charge is -2.40. The number of benzene rings is 1. The third kappa shape index (κ3) is 3.05. The molecule has 0 unspecified atom stereocenters. The molecule has 0 aliphatic carbocycles. The lowest BCUT2D eigenvalue weighted by atomic mass is 10.2. The normalized spacial score (nSPS) is 17.0. The standard InChI is InChI=1S/C7H7BrF5NS/c8-7-2-1-6(3-5(7)4-14)15(9,10,11,12)13/h1-3H,4,14H2. The second-order valence-corrected chi connectivity index (χ2v) is 6.19. The van der Waals surface area contributed by atoms with E-state index in [2.05, 4.69) is 15.9 Å². The predicted octanol–water partition coefficient (Wildman–Crippen LogP) is 4.57. The minimum atomic E-state index is -9.58. The zero-order chi connectivity index (χ0) is 12.0. The lowest BCUT2D eigenvalue weighted by molar-refractivity contribution is 0.364. The van der Waals surface area contributed by atoms with E-state index in [1.165, 1.54) is 0 Å². The average molecular weight is 312 g/mol. The van der Waals surface area contributed by atoms with Gasteiger partial charge in [0.15, 0.2) is 0 Å². The Morgan fingerprint density at radius 2 is 1.67 bits per heavy atom. The van der Waals surface area contributed by atoms with Crippen molar-refractivity contribution in [3.05, 3.63) is 28.2 Å². The Kier molecular flexibility index (Phi) is 2.43. The molecule has 0 amide bonds. The highest BCUT2D eigenvalue weighted by molar-refractivity contribution is 9.10. The van der Waals surface area contributed by atoms with Crippen molar-refractivity contribution in [2.45, 2.75) is 11.4 Å². The maximum absolute atomic E-state index is 12.3. The molecule has 0 radical (unpaired) electrons. The zero-order valence-corrected chi connectivity index (χ0v) is 9.60. The molecule has 0 aromatic heterocycles. The van der Waals surface area contributed by atoms with Gasteiger partial charge in [-0.2, -0.15) is 0 Å². The smallest absolute Gasteiger partial charge is 0.310 e. The summed E-state index contributed by atoms with van der Waals surface area (Å²) in [6, 6.07) is 1.62. The topological polar surface area (TPSA) is 26.0 Å². The lowest BCUT2D eigenvalue weighted by Crippen LogP contribution is -2.08. The summed E-state index contributed by atoms with van der Waals surface area (Å²) >= 11 is 2.91. The van der Waals surface area contributed by atoms with Crippen molar-refractivity contribution in [3.8, 4) is 0 Å². The summed E-state index contributed by atoms with van der Waals surface area (Å²) in [7, 11) is -9.58. The van der Waals surface area contributed by atoms with Crippen LogP contribution in [-0.2, 0) is 6.54 Å². The third-order valence-corrected chi connectivity index (χ3v) is 3.60. The quantitative estimate of drug-likeness (QED) is 0.796. The van der Waals surface area contributed by atoms with Crippen LogP contribution in [0.15, 0.2) is 27.6 Å². The van der Waals surface area contributed by atoms with Crippen LogP contribution in [-0.4, -0.2) is 0 Å². The van der Waals surface area contributed by atoms with Crippen LogP contribution in [0.25, 0.3) is 0 Å². The molecule has 0 heterocycles. The third-order valence-electron chi connectivity index (χ3n) is 1.68. The molecule has 0 spiro atoms. The second-order valence-electron chi connectivity index (χ2n) is 2.93. The van der Waals surface area contributed by atoms with Gasteiger partial charge in [-0.1, -0.05) is 35.4 Å². The molecule has 0 saturated carbocycles. The first-order chi connectivity index (χ1) is 6.44. The summed E-state index contributed by atoms with van der Waals surface area (Å²) in [5, 5.41) is 0. The fourth-order valence-corrected chi connectivity index (χ4v) is 2.05. The molecular weight excluding hydrogens is 305 g/mol. The van der Waals surface area contributed by atoms with E-state index in [9.17, 15) is 19.4 Å². The predicted molar refractivity (Wildman–Crippen MR) is 53.4 cm³/mol. The van der Waals surface area contributed by atoms with E-state index in [1.807, 2.05) is 0 Å². The van der Waals surface area contributed by atoms with Gasteiger partial charge in [-0.05, 0) is 23.8 Å². The molecule has 0 saturated heterocycles. The number of rotatable bonds is 2. The molecule has 0 atom stereocenters. The Bertz CT molecular complexity index is 401. The molecular formula is C7H7BrF5NS. The van der Waals surface area contributed by atoms with Crippen LogP contribution in [0, 0.1) is 0 Å².